The van der Waals surface area contributed by atoms with Crippen LogP contribution in [0.5, 0.6) is 0 Å². The number of nitrogen functional groups attached to an aromatic ring is 1. The van der Waals surface area contributed by atoms with E-state index in [4.69, 9.17) is 5.73 Å². The molecule has 0 fully saturated rings. The lowest BCUT2D eigenvalue weighted by Crippen LogP contribution is -2.15. The molecule has 0 bridgehead atoms. The van der Waals surface area contributed by atoms with Gasteiger partial charge in [-0.25, -0.2) is 0 Å². The van der Waals surface area contributed by atoms with Gasteiger partial charge in [-0.2, -0.15) is 5.10 Å². The first kappa shape index (κ1) is 14.1. The Labute approximate surface area is 127 Å². The zero-order chi connectivity index (χ0) is 14.2. The Morgan fingerprint density at radius 3 is 2.37 bits per heavy atom. The van der Waals surface area contributed by atoms with Crippen LogP contribution in [0.25, 0.3) is 0 Å². The summed E-state index contributed by atoms with van der Waals surface area (Å²) in [6.45, 7) is 3.73. The van der Waals surface area contributed by atoms with Crippen LogP contribution in [-0.2, 0) is 0 Å². The van der Waals surface area contributed by atoms with Gasteiger partial charge in [-0.05, 0) is 63.4 Å². The number of hydrogen-bond donors (Lipinski definition) is 3. The number of nitrogens with zero attached hydrogens (tertiary/aromatic N) is 1. The number of aromatic amines is 1. The van der Waals surface area contributed by atoms with E-state index in [1.54, 1.807) is 6.92 Å². The van der Waals surface area contributed by atoms with E-state index in [1.165, 1.54) is 0 Å². The standard InChI is InChI=1S/C12H12Br2N4O/c1-5-3-7(13)10(8(14)4-5)16-12(19)11-9(15)6(2)17-18-11/h3-4H,15H2,1-2H3,(H,16,19)(H,17,18). The van der Waals surface area contributed by atoms with Gasteiger partial charge in [0.25, 0.3) is 5.91 Å². The lowest BCUT2D eigenvalue weighted by Gasteiger charge is -2.10. The van der Waals surface area contributed by atoms with Crippen molar-refractivity contribution in [2.75, 3.05) is 11.1 Å². The van der Waals surface area contributed by atoms with E-state index < -0.39 is 0 Å². The highest BCUT2D eigenvalue weighted by atomic mass is 79.9. The lowest BCUT2D eigenvalue weighted by atomic mass is 10.2. The first-order valence-electron chi connectivity index (χ1n) is 5.47. The maximum atomic E-state index is 12.1. The quantitative estimate of drug-likeness (QED) is 0.738. The second-order valence-electron chi connectivity index (χ2n) is 4.17. The molecule has 0 unspecified atom stereocenters. The average Bonchev–Trinajstić information content (AvgIpc) is 2.64. The van der Waals surface area contributed by atoms with Crippen molar-refractivity contribution >= 4 is 49.1 Å². The third-order valence-corrected chi connectivity index (χ3v) is 3.89. The molecule has 5 nitrogen and oxygen atoms in total. The molecule has 1 heterocycles. The van der Waals surface area contributed by atoms with Gasteiger partial charge in [0.15, 0.2) is 5.69 Å². The van der Waals surface area contributed by atoms with E-state index in [2.05, 4.69) is 47.4 Å². The Morgan fingerprint density at radius 1 is 1.32 bits per heavy atom. The van der Waals surface area contributed by atoms with Crippen molar-refractivity contribution < 1.29 is 4.79 Å². The highest BCUT2D eigenvalue weighted by Crippen LogP contribution is 2.32. The van der Waals surface area contributed by atoms with Gasteiger partial charge < -0.3 is 11.1 Å². The highest BCUT2D eigenvalue weighted by molar-refractivity contribution is 9.11. The number of aromatic nitrogens is 2. The summed E-state index contributed by atoms with van der Waals surface area (Å²) in [5.74, 6) is -0.355. The summed E-state index contributed by atoms with van der Waals surface area (Å²) in [7, 11) is 0. The zero-order valence-electron chi connectivity index (χ0n) is 10.3. The minimum Gasteiger partial charge on any atom is -0.395 e. The fraction of sp³-hybridized carbons (Fsp3) is 0.167. The van der Waals surface area contributed by atoms with Crippen LogP contribution in [0.4, 0.5) is 11.4 Å². The predicted octanol–water partition coefficient (Wildman–Crippen LogP) is 3.39. The molecule has 0 aliphatic carbocycles. The number of rotatable bonds is 2. The number of amides is 1. The van der Waals surface area contributed by atoms with Crippen molar-refractivity contribution in [1.29, 1.82) is 0 Å². The molecule has 2 rings (SSSR count). The topological polar surface area (TPSA) is 83.8 Å². The third kappa shape index (κ3) is 2.82. The van der Waals surface area contributed by atoms with Crippen LogP contribution < -0.4 is 11.1 Å². The Hall–Kier alpha value is -1.34. The van der Waals surface area contributed by atoms with Gasteiger partial charge in [-0.1, -0.05) is 0 Å². The lowest BCUT2D eigenvalue weighted by molar-refractivity contribution is 0.102. The maximum absolute atomic E-state index is 12.1. The predicted molar refractivity (Wildman–Crippen MR) is 82.3 cm³/mol. The van der Waals surface area contributed by atoms with Crippen LogP contribution in [0.15, 0.2) is 21.1 Å². The average molecular weight is 388 g/mol. The number of carbonyl (C=O) groups is 1. The summed E-state index contributed by atoms with van der Waals surface area (Å²) in [6.07, 6.45) is 0. The number of carbonyl (C=O) groups excluding carboxylic acids is 1. The number of nitrogens with two attached hydrogens (primary N) is 1. The molecule has 0 aliphatic heterocycles. The van der Waals surface area contributed by atoms with Crippen LogP contribution in [0.2, 0.25) is 0 Å². The van der Waals surface area contributed by atoms with Crippen molar-refractivity contribution in [1.82, 2.24) is 10.2 Å². The van der Waals surface area contributed by atoms with Crippen LogP contribution in [-0.4, -0.2) is 16.1 Å². The fourth-order valence-corrected chi connectivity index (χ4v) is 3.22. The summed E-state index contributed by atoms with van der Waals surface area (Å²) in [6, 6.07) is 3.83. The van der Waals surface area contributed by atoms with Gasteiger partial charge in [0.1, 0.15) is 0 Å². The second kappa shape index (κ2) is 5.34. The Balaban J connectivity index is 2.32. The highest BCUT2D eigenvalue weighted by Gasteiger charge is 2.17. The normalized spacial score (nSPS) is 10.5. The van der Waals surface area contributed by atoms with Crippen LogP contribution in [0, 0.1) is 13.8 Å². The van der Waals surface area contributed by atoms with Crippen molar-refractivity contribution in [3.8, 4) is 0 Å². The molecule has 0 aliphatic rings. The summed E-state index contributed by atoms with van der Waals surface area (Å²) in [4.78, 5) is 12.1. The molecular weight excluding hydrogens is 376 g/mol. The summed E-state index contributed by atoms with van der Waals surface area (Å²) in [5, 5.41) is 9.36. The number of halogens is 2. The Morgan fingerprint density at radius 2 is 1.89 bits per heavy atom. The molecule has 7 heteroatoms. The molecule has 19 heavy (non-hydrogen) atoms. The number of anilines is 2. The van der Waals surface area contributed by atoms with Crippen molar-refractivity contribution in [2.24, 2.45) is 0 Å². The number of H-pyrrole nitrogens is 1. The van der Waals surface area contributed by atoms with Crippen LogP contribution >= 0.6 is 31.9 Å². The minimum atomic E-state index is -0.355. The van der Waals surface area contributed by atoms with Gasteiger partial charge in [0, 0.05) is 8.95 Å². The van der Waals surface area contributed by atoms with E-state index >= 15 is 0 Å². The van der Waals surface area contributed by atoms with E-state index in [9.17, 15) is 4.79 Å². The molecule has 100 valence electrons. The fourth-order valence-electron chi connectivity index (χ4n) is 1.60. The molecule has 0 atom stereocenters. The van der Waals surface area contributed by atoms with Crippen molar-refractivity contribution in [3.05, 3.63) is 38.0 Å². The summed E-state index contributed by atoms with van der Waals surface area (Å²) >= 11 is 6.84. The number of hydrogen-bond acceptors (Lipinski definition) is 3. The van der Waals surface area contributed by atoms with Crippen molar-refractivity contribution in [2.45, 2.75) is 13.8 Å². The van der Waals surface area contributed by atoms with Gasteiger partial charge in [-0.3, -0.25) is 9.89 Å². The smallest absolute Gasteiger partial charge is 0.278 e. The van der Waals surface area contributed by atoms with Crippen molar-refractivity contribution in [3.63, 3.8) is 0 Å². The first-order chi connectivity index (χ1) is 8.90. The molecule has 0 radical (unpaired) electrons. The molecular formula is C12H12Br2N4O. The molecule has 1 aromatic carbocycles. The second-order valence-corrected chi connectivity index (χ2v) is 5.88. The molecule has 1 amide bonds. The van der Waals surface area contributed by atoms with Gasteiger partial charge in [0.05, 0.1) is 17.1 Å². The van der Waals surface area contributed by atoms with Gasteiger partial charge in [-0.15, -0.1) is 0 Å². The van der Waals surface area contributed by atoms with E-state index in [0.717, 1.165) is 14.5 Å². The molecule has 0 spiro atoms. The zero-order valence-corrected chi connectivity index (χ0v) is 13.5. The maximum Gasteiger partial charge on any atom is 0.278 e. The van der Waals surface area contributed by atoms with E-state index in [-0.39, 0.29) is 11.6 Å². The molecule has 1 aromatic heterocycles. The Kier molecular flexibility index (Phi) is 3.96. The monoisotopic (exact) mass is 386 g/mol. The third-order valence-electron chi connectivity index (χ3n) is 2.63. The number of benzene rings is 1. The summed E-state index contributed by atoms with van der Waals surface area (Å²) < 4.78 is 1.58. The number of aryl methyl sites for hydroxylation is 2. The minimum absolute atomic E-state index is 0.192. The van der Waals surface area contributed by atoms with E-state index in [1.807, 2.05) is 19.1 Å². The van der Waals surface area contributed by atoms with Crippen LogP contribution in [0.1, 0.15) is 21.7 Å². The van der Waals surface area contributed by atoms with Crippen LogP contribution in [0.3, 0.4) is 0 Å². The first-order valence-corrected chi connectivity index (χ1v) is 7.06. The van der Waals surface area contributed by atoms with Gasteiger partial charge >= 0.3 is 0 Å². The largest absolute Gasteiger partial charge is 0.395 e. The molecule has 0 saturated carbocycles. The number of nitrogens with one attached hydrogen (secondary N) is 2. The molecule has 4 N–H and O–H groups in total. The SMILES string of the molecule is Cc1cc(Br)c(NC(=O)c2n[nH]c(C)c2N)c(Br)c1. The van der Waals surface area contributed by atoms with E-state index in [0.29, 0.717) is 17.1 Å². The van der Waals surface area contributed by atoms with Gasteiger partial charge in [0.2, 0.25) is 0 Å². The molecule has 0 saturated heterocycles. The summed E-state index contributed by atoms with van der Waals surface area (Å²) in [5.41, 5.74) is 8.73. The Bertz CT molecular complexity index is 628. The molecule has 2 aromatic rings.